The molecule has 0 aliphatic carbocycles. The number of methoxy groups -OCH3 is 1. The SMILES string of the molecule is C1COCCO1.COC(=S)NN. The van der Waals surface area contributed by atoms with Crippen molar-refractivity contribution < 1.29 is 14.2 Å². The molecule has 0 amide bonds. The molecule has 1 aliphatic heterocycles. The normalized spacial score (nSPS) is 15.5. The van der Waals surface area contributed by atoms with Crippen molar-refractivity contribution in [2.75, 3.05) is 33.5 Å². The average molecular weight is 194 g/mol. The van der Waals surface area contributed by atoms with E-state index in [2.05, 4.69) is 22.4 Å². The van der Waals surface area contributed by atoms with Crippen LogP contribution in [0.5, 0.6) is 0 Å². The fraction of sp³-hybridized carbons (Fsp3) is 0.833. The molecule has 5 nitrogen and oxygen atoms in total. The molecular weight excluding hydrogens is 180 g/mol. The largest absolute Gasteiger partial charge is 0.473 e. The first-order valence-electron chi connectivity index (χ1n) is 3.51. The van der Waals surface area contributed by atoms with Gasteiger partial charge in [0.1, 0.15) is 0 Å². The van der Waals surface area contributed by atoms with Gasteiger partial charge < -0.3 is 14.2 Å². The summed E-state index contributed by atoms with van der Waals surface area (Å²) in [6.45, 7) is 3.11. The van der Waals surface area contributed by atoms with Crippen molar-refractivity contribution in [1.82, 2.24) is 5.43 Å². The standard InChI is InChI=1S/C4H8O2.C2H6N2OS/c1-2-6-4-3-5-1;1-5-2(6)4-3/h1-4H2;3H2,1H3,(H,4,6). The molecule has 0 spiro atoms. The number of rotatable bonds is 0. The minimum absolute atomic E-state index is 0.204. The first-order chi connectivity index (χ1) is 5.81. The highest BCUT2D eigenvalue weighted by atomic mass is 32.1. The van der Waals surface area contributed by atoms with Gasteiger partial charge in [0.05, 0.1) is 33.5 Å². The van der Waals surface area contributed by atoms with Gasteiger partial charge in [-0.05, 0) is 12.2 Å². The third kappa shape index (κ3) is 7.67. The first kappa shape index (κ1) is 11.6. The number of nitrogens with two attached hydrogens (primary N) is 1. The van der Waals surface area contributed by atoms with Crippen molar-refractivity contribution in [3.63, 3.8) is 0 Å². The Morgan fingerprint density at radius 1 is 1.33 bits per heavy atom. The van der Waals surface area contributed by atoms with E-state index in [4.69, 9.17) is 15.3 Å². The second kappa shape index (κ2) is 8.66. The fourth-order valence-corrected chi connectivity index (χ4v) is 0.499. The molecule has 0 radical (unpaired) electrons. The van der Waals surface area contributed by atoms with Crippen LogP contribution in [0.15, 0.2) is 0 Å². The van der Waals surface area contributed by atoms with E-state index in [1.54, 1.807) is 0 Å². The van der Waals surface area contributed by atoms with Gasteiger partial charge in [-0.25, -0.2) is 5.84 Å². The van der Waals surface area contributed by atoms with Crippen LogP contribution >= 0.6 is 12.2 Å². The van der Waals surface area contributed by atoms with Gasteiger partial charge in [0.2, 0.25) is 0 Å². The van der Waals surface area contributed by atoms with E-state index in [0.717, 1.165) is 26.4 Å². The van der Waals surface area contributed by atoms with Gasteiger partial charge in [-0.1, -0.05) is 0 Å². The molecule has 0 unspecified atom stereocenters. The summed E-state index contributed by atoms with van der Waals surface area (Å²) < 4.78 is 14.3. The van der Waals surface area contributed by atoms with Gasteiger partial charge in [0, 0.05) is 0 Å². The van der Waals surface area contributed by atoms with Gasteiger partial charge in [-0.2, -0.15) is 0 Å². The van der Waals surface area contributed by atoms with Crippen LogP contribution in [-0.4, -0.2) is 38.7 Å². The lowest BCUT2D eigenvalue weighted by atomic mass is 10.6. The number of hydrogen-bond donors (Lipinski definition) is 2. The summed E-state index contributed by atoms with van der Waals surface area (Å²) in [4.78, 5) is 0. The number of nitrogens with one attached hydrogen (secondary N) is 1. The molecule has 3 N–H and O–H groups in total. The Labute approximate surface area is 77.1 Å². The number of thiocarbonyl (C=S) groups is 1. The topological polar surface area (TPSA) is 65.7 Å². The van der Waals surface area contributed by atoms with E-state index in [1.807, 2.05) is 0 Å². The molecule has 0 saturated carbocycles. The van der Waals surface area contributed by atoms with Crippen molar-refractivity contribution in [3.8, 4) is 0 Å². The van der Waals surface area contributed by atoms with Crippen LogP contribution in [-0.2, 0) is 14.2 Å². The van der Waals surface area contributed by atoms with Crippen LogP contribution in [0.4, 0.5) is 0 Å². The summed E-state index contributed by atoms with van der Waals surface area (Å²) in [7, 11) is 1.45. The van der Waals surface area contributed by atoms with Crippen molar-refractivity contribution in [3.05, 3.63) is 0 Å². The predicted octanol–water partition coefficient (Wildman–Crippen LogP) is -0.586. The van der Waals surface area contributed by atoms with Crippen LogP contribution < -0.4 is 11.3 Å². The summed E-state index contributed by atoms with van der Waals surface area (Å²) in [6, 6.07) is 0. The van der Waals surface area contributed by atoms with Gasteiger partial charge in [-0.15, -0.1) is 0 Å². The maximum absolute atomic E-state index is 4.94. The fourth-order valence-electron chi connectivity index (χ4n) is 0.499. The smallest absolute Gasteiger partial charge is 0.270 e. The van der Waals surface area contributed by atoms with Gasteiger partial charge >= 0.3 is 0 Å². The van der Waals surface area contributed by atoms with E-state index < -0.39 is 0 Å². The van der Waals surface area contributed by atoms with Crippen LogP contribution in [0.2, 0.25) is 0 Å². The number of ether oxygens (including phenoxy) is 3. The highest BCUT2D eigenvalue weighted by molar-refractivity contribution is 7.80. The lowest BCUT2D eigenvalue weighted by Gasteiger charge is -2.09. The molecule has 1 heterocycles. The number of hydrogen-bond acceptors (Lipinski definition) is 5. The number of hydrazine groups is 1. The molecule has 0 bridgehead atoms. The highest BCUT2D eigenvalue weighted by Gasteiger charge is 1.94. The molecule has 0 atom stereocenters. The minimum Gasteiger partial charge on any atom is -0.473 e. The summed E-state index contributed by atoms with van der Waals surface area (Å²) in [5.74, 6) is 4.77. The third-order valence-electron chi connectivity index (χ3n) is 1.05. The van der Waals surface area contributed by atoms with E-state index >= 15 is 0 Å². The minimum atomic E-state index is 0.204. The third-order valence-corrected chi connectivity index (χ3v) is 1.33. The Balaban J connectivity index is 0.000000202. The molecule has 6 heteroatoms. The second-order valence-corrected chi connectivity index (χ2v) is 2.23. The molecule has 1 aliphatic rings. The van der Waals surface area contributed by atoms with Crippen LogP contribution in [0.25, 0.3) is 0 Å². The quantitative estimate of drug-likeness (QED) is 0.305. The molecular formula is C6H14N2O3S. The van der Waals surface area contributed by atoms with Crippen LogP contribution in [0, 0.1) is 0 Å². The van der Waals surface area contributed by atoms with Crippen LogP contribution in [0.3, 0.4) is 0 Å². The average Bonchev–Trinajstić information content (AvgIpc) is 2.20. The summed E-state index contributed by atoms with van der Waals surface area (Å²) in [5.41, 5.74) is 2.12. The molecule has 1 fully saturated rings. The van der Waals surface area contributed by atoms with Gasteiger partial charge in [0.25, 0.3) is 5.17 Å². The summed E-state index contributed by atoms with van der Waals surface area (Å²) >= 11 is 4.40. The molecule has 0 aromatic rings. The lowest BCUT2D eigenvalue weighted by Crippen LogP contribution is -2.29. The maximum atomic E-state index is 4.94. The van der Waals surface area contributed by atoms with E-state index in [1.165, 1.54) is 7.11 Å². The Kier molecular flexibility index (Phi) is 8.35. The zero-order chi connectivity index (χ0) is 9.23. The molecule has 1 saturated heterocycles. The lowest BCUT2D eigenvalue weighted by molar-refractivity contribution is -0.0334. The van der Waals surface area contributed by atoms with E-state index in [-0.39, 0.29) is 5.17 Å². The zero-order valence-corrected chi connectivity index (χ0v) is 7.86. The first-order valence-corrected chi connectivity index (χ1v) is 3.92. The van der Waals surface area contributed by atoms with Gasteiger partial charge in [0.15, 0.2) is 0 Å². The molecule has 12 heavy (non-hydrogen) atoms. The Morgan fingerprint density at radius 3 is 1.83 bits per heavy atom. The van der Waals surface area contributed by atoms with E-state index in [0.29, 0.717) is 0 Å². The molecule has 72 valence electrons. The maximum Gasteiger partial charge on any atom is 0.270 e. The Hall–Kier alpha value is -0.430. The second-order valence-electron chi connectivity index (χ2n) is 1.86. The molecule has 1 rings (SSSR count). The van der Waals surface area contributed by atoms with Gasteiger partial charge in [-0.3, -0.25) is 5.43 Å². The van der Waals surface area contributed by atoms with Crippen molar-refractivity contribution in [2.45, 2.75) is 0 Å². The molecule has 0 aromatic carbocycles. The summed E-state index contributed by atoms with van der Waals surface area (Å²) in [5, 5.41) is 0.204. The van der Waals surface area contributed by atoms with E-state index in [9.17, 15) is 0 Å². The predicted molar refractivity (Wildman–Crippen MR) is 48.6 cm³/mol. The van der Waals surface area contributed by atoms with Crippen molar-refractivity contribution in [2.24, 2.45) is 5.84 Å². The van der Waals surface area contributed by atoms with Crippen molar-refractivity contribution in [1.29, 1.82) is 0 Å². The van der Waals surface area contributed by atoms with Crippen LogP contribution in [0.1, 0.15) is 0 Å². The Morgan fingerprint density at radius 2 is 1.75 bits per heavy atom. The Bertz CT molecular complexity index is 102. The molecule has 0 aromatic heterocycles. The monoisotopic (exact) mass is 194 g/mol. The zero-order valence-electron chi connectivity index (χ0n) is 7.04. The summed E-state index contributed by atoms with van der Waals surface area (Å²) in [6.07, 6.45) is 0. The highest BCUT2D eigenvalue weighted by Crippen LogP contribution is 1.85. The van der Waals surface area contributed by atoms with Crippen molar-refractivity contribution >= 4 is 17.4 Å².